The Hall–Kier alpha value is -3.61. The molecule has 0 unspecified atom stereocenters. The van der Waals surface area contributed by atoms with Gasteiger partial charge in [-0.2, -0.15) is 18.4 Å². The van der Waals surface area contributed by atoms with Crippen LogP contribution >= 0.6 is 0 Å². The number of nitro benzene ring substituents is 1. The summed E-state index contributed by atoms with van der Waals surface area (Å²) >= 11 is 0. The number of nitrogens with zero attached hydrogens (tertiary/aromatic N) is 2. The molecule has 134 valence electrons. The summed E-state index contributed by atoms with van der Waals surface area (Å²) in [6.45, 7) is 1.04. The van der Waals surface area contributed by atoms with Crippen molar-refractivity contribution in [1.29, 1.82) is 5.26 Å². The predicted octanol–water partition coefficient (Wildman–Crippen LogP) is 4.20. The lowest BCUT2D eigenvalue weighted by molar-refractivity contribution is -0.385. The van der Waals surface area contributed by atoms with Crippen LogP contribution in [0.1, 0.15) is 18.1 Å². The monoisotopic (exact) mass is 366 g/mol. The highest BCUT2D eigenvalue weighted by Gasteiger charge is 2.31. The number of nitro groups is 1. The first-order chi connectivity index (χ1) is 12.1. The fraction of sp³-hybridized carbons (Fsp3) is 0.125. The molecule has 0 saturated heterocycles. The van der Waals surface area contributed by atoms with Crippen LogP contribution in [0.4, 0.5) is 18.9 Å². The number of rotatable bonds is 4. The van der Waals surface area contributed by atoms with Gasteiger partial charge in [0.15, 0.2) is 0 Å². The van der Waals surface area contributed by atoms with Crippen molar-refractivity contribution in [2.24, 2.45) is 0 Å². The van der Waals surface area contributed by atoms with Gasteiger partial charge in [0.05, 0.1) is 16.1 Å². The molecule has 7 nitrogen and oxygen atoms in total. The average molecular weight is 366 g/mol. The molecule has 2 rings (SSSR count). The number of hydrogen-bond acceptors (Lipinski definition) is 6. The largest absolute Gasteiger partial charge is 0.456 e. The molecule has 0 amide bonds. The first kappa shape index (κ1) is 18.7. The second kappa shape index (κ2) is 7.10. The number of carbonyl (C=O) groups is 1. The minimum atomic E-state index is -4.63. The molecule has 0 aliphatic carbocycles. The van der Waals surface area contributed by atoms with E-state index in [4.69, 9.17) is 14.7 Å². The van der Waals surface area contributed by atoms with Crippen LogP contribution in [-0.2, 0) is 11.0 Å². The van der Waals surface area contributed by atoms with E-state index in [2.05, 4.69) is 0 Å². The number of benzene rings is 2. The van der Waals surface area contributed by atoms with E-state index in [9.17, 15) is 28.1 Å². The number of hydrogen-bond donors (Lipinski definition) is 0. The highest BCUT2D eigenvalue weighted by atomic mass is 19.4. The van der Waals surface area contributed by atoms with Crippen LogP contribution in [0.3, 0.4) is 0 Å². The summed E-state index contributed by atoms with van der Waals surface area (Å²) in [5, 5.41) is 19.9. The lowest BCUT2D eigenvalue weighted by Gasteiger charge is -2.11. The summed E-state index contributed by atoms with van der Waals surface area (Å²) in [6, 6.07) is 7.07. The molecule has 0 aliphatic heterocycles. The van der Waals surface area contributed by atoms with Crippen LogP contribution in [0.25, 0.3) is 0 Å². The first-order valence-corrected chi connectivity index (χ1v) is 6.88. The van der Waals surface area contributed by atoms with Crippen molar-refractivity contribution in [2.45, 2.75) is 13.1 Å². The van der Waals surface area contributed by atoms with Crippen molar-refractivity contribution in [1.82, 2.24) is 0 Å². The molecule has 10 heteroatoms. The highest BCUT2D eigenvalue weighted by Crippen LogP contribution is 2.36. The molecule has 26 heavy (non-hydrogen) atoms. The van der Waals surface area contributed by atoms with Crippen LogP contribution < -0.4 is 9.47 Å². The first-order valence-electron chi connectivity index (χ1n) is 6.88. The van der Waals surface area contributed by atoms with Crippen molar-refractivity contribution < 1.29 is 32.4 Å². The maximum atomic E-state index is 12.7. The summed E-state index contributed by atoms with van der Waals surface area (Å²) in [5.74, 6) is -1.46. The Labute approximate surface area is 144 Å². The van der Waals surface area contributed by atoms with Crippen molar-refractivity contribution in [3.8, 4) is 23.3 Å². The SMILES string of the molecule is CC(=O)Oc1cc(Oc2ccc(C(F)(F)F)cc2C#N)ccc1[N+](=O)[O-]. The summed E-state index contributed by atoms with van der Waals surface area (Å²) in [6.07, 6.45) is -4.63. The van der Waals surface area contributed by atoms with Crippen molar-refractivity contribution >= 4 is 11.7 Å². The zero-order chi connectivity index (χ0) is 19.5. The van der Waals surface area contributed by atoms with E-state index in [1.165, 1.54) is 0 Å². The van der Waals surface area contributed by atoms with Gasteiger partial charge in [-0.3, -0.25) is 14.9 Å². The number of alkyl halides is 3. The number of ether oxygens (including phenoxy) is 2. The van der Waals surface area contributed by atoms with E-state index in [-0.39, 0.29) is 17.1 Å². The summed E-state index contributed by atoms with van der Waals surface area (Å²) in [4.78, 5) is 21.2. The van der Waals surface area contributed by atoms with Gasteiger partial charge < -0.3 is 9.47 Å². The van der Waals surface area contributed by atoms with Crippen molar-refractivity contribution in [3.05, 3.63) is 57.6 Å². The minimum Gasteiger partial charge on any atom is -0.456 e. The zero-order valence-electron chi connectivity index (χ0n) is 13.0. The second-order valence-electron chi connectivity index (χ2n) is 4.90. The molecule has 0 radical (unpaired) electrons. The molecule has 0 heterocycles. The van der Waals surface area contributed by atoms with Gasteiger partial charge in [0.25, 0.3) is 0 Å². The van der Waals surface area contributed by atoms with Gasteiger partial charge >= 0.3 is 17.8 Å². The van der Waals surface area contributed by atoms with Crippen LogP contribution in [0, 0.1) is 21.4 Å². The van der Waals surface area contributed by atoms with Gasteiger partial charge in [0.2, 0.25) is 5.75 Å². The maximum Gasteiger partial charge on any atom is 0.416 e. The zero-order valence-corrected chi connectivity index (χ0v) is 13.0. The Morgan fingerprint density at radius 2 is 1.88 bits per heavy atom. The molecular weight excluding hydrogens is 357 g/mol. The van der Waals surface area contributed by atoms with Gasteiger partial charge in [0.1, 0.15) is 17.6 Å². The third kappa shape index (κ3) is 4.27. The Morgan fingerprint density at radius 3 is 2.42 bits per heavy atom. The topological polar surface area (TPSA) is 102 Å². The molecule has 2 aromatic carbocycles. The number of carbonyl (C=O) groups excluding carboxylic acids is 1. The number of nitriles is 1. The molecule has 0 N–H and O–H groups in total. The number of esters is 1. The molecule has 0 atom stereocenters. The van der Waals surface area contributed by atoms with E-state index >= 15 is 0 Å². The van der Waals surface area contributed by atoms with Gasteiger partial charge in [-0.05, 0) is 24.3 Å². The molecule has 0 spiro atoms. The van der Waals surface area contributed by atoms with Crippen LogP contribution in [0.15, 0.2) is 36.4 Å². The Bertz CT molecular complexity index is 919. The van der Waals surface area contributed by atoms with Crippen molar-refractivity contribution in [3.63, 3.8) is 0 Å². The molecule has 0 fully saturated rings. The summed E-state index contributed by atoms with van der Waals surface area (Å²) < 4.78 is 48.1. The van der Waals surface area contributed by atoms with Gasteiger partial charge in [0, 0.05) is 19.1 Å². The second-order valence-corrected chi connectivity index (χ2v) is 4.90. The molecule has 0 bridgehead atoms. The fourth-order valence-electron chi connectivity index (χ4n) is 1.96. The Kier molecular flexibility index (Phi) is 5.11. The summed E-state index contributed by atoms with van der Waals surface area (Å²) in [7, 11) is 0. The Balaban J connectivity index is 2.41. The third-order valence-electron chi connectivity index (χ3n) is 3.04. The lowest BCUT2D eigenvalue weighted by atomic mass is 10.1. The standard InChI is InChI=1S/C16H9F3N2O5/c1-9(22)25-15-7-12(3-4-13(15)21(23)24)26-14-5-2-11(16(17,18)19)6-10(14)8-20/h2-7H,1H3. The Morgan fingerprint density at radius 1 is 1.19 bits per heavy atom. The van der Waals surface area contributed by atoms with Crippen LogP contribution in [-0.4, -0.2) is 10.9 Å². The minimum absolute atomic E-state index is 0.0666. The predicted molar refractivity (Wildman–Crippen MR) is 80.6 cm³/mol. The lowest BCUT2D eigenvalue weighted by Crippen LogP contribution is -2.05. The maximum absolute atomic E-state index is 12.7. The normalized spacial score (nSPS) is 10.7. The number of halogens is 3. The van der Waals surface area contributed by atoms with Crippen molar-refractivity contribution in [2.75, 3.05) is 0 Å². The quantitative estimate of drug-likeness (QED) is 0.348. The highest BCUT2D eigenvalue weighted by molar-refractivity contribution is 5.71. The molecule has 0 aromatic heterocycles. The van der Waals surface area contributed by atoms with E-state index in [1.807, 2.05) is 0 Å². The summed E-state index contributed by atoms with van der Waals surface area (Å²) in [5.41, 5.74) is -1.90. The molecule has 2 aromatic rings. The average Bonchev–Trinajstić information content (AvgIpc) is 2.53. The molecular formula is C16H9F3N2O5. The fourth-order valence-corrected chi connectivity index (χ4v) is 1.96. The van der Waals surface area contributed by atoms with Crippen LogP contribution in [0.5, 0.6) is 17.2 Å². The molecule has 0 aliphatic rings. The van der Waals surface area contributed by atoms with E-state index in [0.29, 0.717) is 6.07 Å². The van der Waals surface area contributed by atoms with Gasteiger partial charge in [-0.15, -0.1) is 0 Å². The van der Waals surface area contributed by atoms with Crippen LogP contribution in [0.2, 0.25) is 0 Å². The molecule has 0 saturated carbocycles. The van der Waals surface area contributed by atoms with E-state index in [1.54, 1.807) is 6.07 Å². The van der Waals surface area contributed by atoms with Gasteiger partial charge in [-0.1, -0.05) is 0 Å². The third-order valence-corrected chi connectivity index (χ3v) is 3.04. The van der Waals surface area contributed by atoms with Gasteiger partial charge in [-0.25, -0.2) is 0 Å². The van der Waals surface area contributed by atoms with E-state index < -0.39 is 34.1 Å². The van der Waals surface area contributed by atoms with E-state index in [0.717, 1.165) is 37.3 Å². The smallest absolute Gasteiger partial charge is 0.416 e.